The van der Waals surface area contributed by atoms with E-state index in [0.29, 0.717) is 12.4 Å². The molecule has 1 aliphatic heterocycles. The van der Waals surface area contributed by atoms with Gasteiger partial charge >= 0.3 is 0 Å². The highest BCUT2D eigenvalue weighted by atomic mass is 16.5. The van der Waals surface area contributed by atoms with Gasteiger partial charge < -0.3 is 20.1 Å². The lowest BCUT2D eigenvalue weighted by molar-refractivity contribution is 0.323. The third-order valence-corrected chi connectivity index (χ3v) is 4.51. The van der Waals surface area contributed by atoms with Gasteiger partial charge in [-0.05, 0) is 30.3 Å². The van der Waals surface area contributed by atoms with E-state index >= 15 is 0 Å². The summed E-state index contributed by atoms with van der Waals surface area (Å²) < 4.78 is 11.0. The summed E-state index contributed by atoms with van der Waals surface area (Å²) in [4.78, 5) is 4.77. The van der Waals surface area contributed by atoms with E-state index in [2.05, 4.69) is 20.8 Å². The zero-order valence-electron chi connectivity index (χ0n) is 14.2. The molecule has 0 saturated carbocycles. The molecule has 0 fully saturated rings. The summed E-state index contributed by atoms with van der Waals surface area (Å²) in [6.45, 7) is 1.48. The molecule has 3 N–H and O–H groups in total. The van der Waals surface area contributed by atoms with Gasteiger partial charge in [0, 0.05) is 35.3 Å². The molecule has 2 aromatic carbocycles. The Labute approximate surface area is 149 Å². The summed E-state index contributed by atoms with van der Waals surface area (Å²) in [6, 6.07) is 11.8. The van der Waals surface area contributed by atoms with Gasteiger partial charge in [0.1, 0.15) is 23.6 Å². The number of nitrogens with one attached hydrogen (secondary N) is 3. The second kappa shape index (κ2) is 5.80. The summed E-state index contributed by atoms with van der Waals surface area (Å²) in [7, 11) is 1.65. The van der Waals surface area contributed by atoms with Gasteiger partial charge in [-0.3, -0.25) is 5.10 Å². The molecule has 7 heteroatoms. The molecule has 0 bridgehead atoms. The molecule has 0 atom stereocenters. The number of hydrogen-bond acceptors (Lipinski definition) is 6. The second-order valence-electron chi connectivity index (χ2n) is 6.10. The molecule has 1 aliphatic rings. The highest BCUT2D eigenvalue weighted by Gasteiger charge is 2.14. The molecule has 0 amide bonds. The van der Waals surface area contributed by atoms with Gasteiger partial charge in [-0.2, -0.15) is 5.10 Å². The molecular formula is C19H17N5O2. The maximum atomic E-state index is 5.63. The Morgan fingerprint density at radius 1 is 1.15 bits per heavy atom. The van der Waals surface area contributed by atoms with Crippen LogP contribution < -0.4 is 20.1 Å². The lowest BCUT2D eigenvalue weighted by atomic mass is 10.1. The molecule has 0 spiro atoms. The third-order valence-electron chi connectivity index (χ3n) is 4.51. The van der Waals surface area contributed by atoms with Gasteiger partial charge in [0.25, 0.3) is 0 Å². The Morgan fingerprint density at radius 2 is 2.12 bits per heavy atom. The maximum absolute atomic E-state index is 5.63. The molecule has 130 valence electrons. The summed E-state index contributed by atoms with van der Waals surface area (Å²) in [5.41, 5.74) is 3.53. The minimum atomic E-state index is 0.682. The molecule has 3 heterocycles. The number of H-pyrrole nitrogens is 1. The van der Waals surface area contributed by atoms with E-state index in [0.717, 1.165) is 51.2 Å². The van der Waals surface area contributed by atoms with Crippen molar-refractivity contribution in [3.05, 3.63) is 42.6 Å². The van der Waals surface area contributed by atoms with Crippen molar-refractivity contribution < 1.29 is 9.47 Å². The van der Waals surface area contributed by atoms with E-state index in [1.165, 1.54) is 0 Å². The van der Waals surface area contributed by atoms with Crippen LogP contribution in [-0.2, 0) is 0 Å². The van der Waals surface area contributed by atoms with Crippen LogP contribution in [0.25, 0.3) is 21.8 Å². The van der Waals surface area contributed by atoms with Crippen LogP contribution in [0.3, 0.4) is 0 Å². The molecule has 4 aromatic rings. The van der Waals surface area contributed by atoms with Gasteiger partial charge in [-0.1, -0.05) is 0 Å². The van der Waals surface area contributed by atoms with Gasteiger partial charge in [0.05, 0.1) is 18.3 Å². The number of nitrogens with zero attached hydrogens (tertiary/aromatic N) is 2. The van der Waals surface area contributed by atoms with Crippen LogP contribution in [-0.4, -0.2) is 35.4 Å². The Balaban J connectivity index is 1.62. The number of methoxy groups -OCH3 is 1. The van der Waals surface area contributed by atoms with Crippen molar-refractivity contribution >= 4 is 39.0 Å². The largest absolute Gasteiger partial charge is 0.497 e. The SMILES string of the molecule is COc1ccc2c(c1)nc(Nc1ccc3c(c1)NCCO3)c1n[nH]cc12. The fourth-order valence-electron chi connectivity index (χ4n) is 3.25. The van der Waals surface area contributed by atoms with Gasteiger partial charge in [-0.25, -0.2) is 4.98 Å². The zero-order valence-corrected chi connectivity index (χ0v) is 14.2. The number of aromatic amines is 1. The number of benzene rings is 2. The second-order valence-corrected chi connectivity index (χ2v) is 6.10. The number of rotatable bonds is 3. The molecule has 0 saturated heterocycles. The van der Waals surface area contributed by atoms with Crippen LogP contribution in [0.1, 0.15) is 0 Å². The van der Waals surface area contributed by atoms with Crippen LogP contribution in [0, 0.1) is 0 Å². The van der Waals surface area contributed by atoms with E-state index in [1.807, 2.05) is 42.6 Å². The van der Waals surface area contributed by atoms with Crippen LogP contribution in [0.5, 0.6) is 11.5 Å². The number of ether oxygens (including phenoxy) is 2. The van der Waals surface area contributed by atoms with Crippen LogP contribution >= 0.6 is 0 Å². The van der Waals surface area contributed by atoms with Gasteiger partial charge in [0.15, 0.2) is 5.82 Å². The predicted molar refractivity (Wildman–Crippen MR) is 102 cm³/mol. The molecule has 0 unspecified atom stereocenters. The van der Waals surface area contributed by atoms with Gasteiger partial charge in [-0.15, -0.1) is 0 Å². The highest BCUT2D eigenvalue weighted by Crippen LogP contribution is 2.34. The minimum absolute atomic E-state index is 0.682. The van der Waals surface area contributed by atoms with E-state index in [9.17, 15) is 0 Å². The van der Waals surface area contributed by atoms with Crippen molar-refractivity contribution in [1.29, 1.82) is 0 Å². The van der Waals surface area contributed by atoms with E-state index in [-0.39, 0.29) is 0 Å². The molecular weight excluding hydrogens is 330 g/mol. The lowest BCUT2D eigenvalue weighted by Gasteiger charge is -2.20. The van der Waals surface area contributed by atoms with Crippen LogP contribution in [0.4, 0.5) is 17.2 Å². The average Bonchev–Trinajstić information content (AvgIpc) is 3.18. The summed E-state index contributed by atoms with van der Waals surface area (Å²) in [5, 5.41) is 16.1. The van der Waals surface area contributed by atoms with Crippen molar-refractivity contribution in [3.63, 3.8) is 0 Å². The minimum Gasteiger partial charge on any atom is -0.497 e. The first-order valence-corrected chi connectivity index (χ1v) is 8.41. The number of hydrogen-bond donors (Lipinski definition) is 3. The molecule has 5 rings (SSSR count). The van der Waals surface area contributed by atoms with Crippen molar-refractivity contribution in [2.24, 2.45) is 0 Å². The summed E-state index contributed by atoms with van der Waals surface area (Å²) in [5.74, 6) is 2.33. The number of aromatic nitrogens is 3. The number of anilines is 3. The standard InChI is InChI=1S/C19H17N5O2/c1-25-12-3-4-13-14-10-21-24-18(14)19(23-15(13)9-12)22-11-2-5-17-16(8-11)20-6-7-26-17/h2-5,8-10,20H,6-7H2,1H3,(H,21,24)(H,22,23). The molecule has 2 aromatic heterocycles. The van der Waals surface area contributed by atoms with Crippen molar-refractivity contribution in [1.82, 2.24) is 15.2 Å². The summed E-state index contributed by atoms with van der Waals surface area (Å²) in [6.07, 6.45) is 1.89. The van der Waals surface area contributed by atoms with Crippen molar-refractivity contribution in [2.45, 2.75) is 0 Å². The van der Waals surface area contributed by atoms with E-state index in [4.69, 9.17) is 14.5 Å². The molecule has 26 heavy (non-hydrogen) atoms. The molecule has 0 radical (unpaired) electrons. The monoisotopic (exact) mass is 347 g/mol. The van der Waals surface area contributed by atoms with Crippen LogP contribution in [0.15, 0.2) is 42.6 Å². The number of fused-ring (bicyclic) bond motifs is 4. The Kier molecular flexibility index (Phi) is 3.31. The lowest BCUT2D eigenvalue weighted by Crippen LogP contribution is -2.17. The van der Waals surface area contributed by atoms with Crippen LogP contribution in [0.2, 0.25) is 0 Å². The first kappa shape index (κ1) is 14.8. The quantitative estimate of drug-likeness (QED) is 0.524. The normalized spacial score (nSPS) is 13.1. The van der Waals surface area contributed by atoms with Gasteiger partial charge in [0.2, 0.25) is 0 Å². The highest BCUT2D eigenvalue weighted by molar-refractivity contribution is 6.09. The molecule has 7 nitrogen and oxygen atoms in total. The third kappa shape index (κ3) is 2.36. The Morgan fingerprint density at radius 3 is 3.04 bits per heavy atom. The number of pyridine rings is 1. The van der Waals surface area contributed by atoms with E-state index < -0.39 is 0 Å². The molecule has 0 aliphatic carbocycles. The predicted octanol–water partition coefficient (Wildman–Crippen LogP) is 3.67. The smallest absolute Gasteiger partial charge is 0.159 e. The zero-order chi connectivity index (χ0) is 17.5. The van der Waals surface area contributed by atoms with Crippen molar-refractivity contribution in [2.75, 3.05) is 30.9 Å². The summed E-state index contributed by atoms with van der Waals surface area (Å²) >= 11 is 0. The average molecular weight is 347 g/mol. The Bertz CT molecular complexity index is 1120. The van der Waals surface area contributed by atoms with E-state index in [1.54, 1.807) is 7.11 Å². The topological polar surface area (TPSA) is 84.1 Å². The maximum Gasteiger partial charge on any atom is 0.159 e. The first-order valence-electron chi connectivity index (χ1n) is 8.41. The fourth-order valence-corrected chi connectivity index (χ4v) is 3.25. The Hall–Kier alpha value is -3.48. The fraction of sp³-hybridized carbons (Fsp3) is 0.158. The first-order chi connectivity index (χ1) is 12.8. The van der Waals surface area contributed by atoms with Crippen molar-refractivity contribution in [3.8, 4) is 11.5 Å².